The quantitative estimate of drug-likeness (QED) is 0.500. The second-order valence-electron chi connectivity index (χ2n) is 6.30. The first-order chi connectivity index (χ1) is 13.6. The molecule has 0 unspecified atom stereocenters. The predicted octanol–water partition coefficient (Wildman–Crippen LogP) is 3.35. The number of rotatable bonds is 5. The second kappa shape index (κ2) is 7.19. The molecule has 7 heteroatoms. The summed E-state index contributed by atoms with van der Waals surface area (Å²) in [5.41, 5.74) is 1.66. The van der Waals surface area contributed by atoms with Crippen molar-refractivity contribution in [3.8, 4) is 17.4 Å². The predicted molar refractivity (Wildman–Crippen MR) is 100 cm³/mol. The fraction of sp³-hybridized carbons (Fsp3) is 0.143. The number of aromatic nitrogens is 4. The number of carbonyl (C=O) groups is 1. The van der Waals surface area contributed by atoms with Crippen LogP contribution < -0.4 is 5.11 Å². The monoisotopic (exact) mass is 375 g/mol. The Hall–Kier alpha value is -3.61. The SMILES string of the molecule is CCC(=O)c1cnc(-c2nn(Cc3ccccc3F)c3ccccc23)nc1[O-]. The Morgan fingerprint density at radius 3 is 2.64 bits per heavy atom. The van der Waals surface area contributed by atoms with E-state index in [4.69, 9.17) is 0 Å². The lowest BCUT2D eigenvalue weighted by molar-refractivity contribution is -0.275. The molecular weight excluding hydrogens is 359 g/mol. The van der Waals surface area contributed by atoms with Crippen molar-refractivity contribution in [1.82, 2.24) is 19.7 Å². The molecule has 0 N–H and O–H groups in total. The summed E-state index contributed by atoms with van der Waals surface area (Å²) in [4.78, 5) is 19.9. The van der Waals surface area contributed by atoms with Crippen LogP contribution in [0.5, 0.6) is 5.88 Å². The highest BCUT2D eigenvalue weighted by molar-refractivity contribution is 5.98. The molecule has 0 amide bonds. The van der Waals surface area contributed by atoms with Gasteiger partial charge in [0.1, 0.15) is 11.5 Å². The van der Waals surface area contributed by atoms with Crippen molar-refractivity contribution in [2.24, 2.45) is 0 Å². The van der Waals surface area contributed by atoms with E-state index in [1.807, 2.05) is 24.3 Å². The first-order valence-electron chi connectivity index (χ1n) is 8.85. The molecule has 2 heterocycles. The van der Waals surface area contributed by atoms with Crippen molar-refractivity contribution in [1.29, 1.82) is 0 Å². The smallest absolute Gasteiger partial charge is 0.180 e. The highest BCUT2D eigenvalue weighted by Crippen LogP contribution is 2.27. The minimum Gasteiger partial charge on any atom is -0.858 e. The number of ketones is 1. The summed E-state index contributed by atoms with van der Waals surface area (Å²) < 4.78 is 15.7. The van der Waals surface area contributed by atoms with Crippen LogP contribution in [0.4, 0.5) is 4.39 Å². The van der Waals surface area contributed by atoms with E-state index < -0.39 is 5.88 Å². The lowest BCUT2D eigenvalue weighted by Crippen LogP contribution is -2.08. The van der Waals surface area contributed by atoms with Crippen molar-refractivity contribution in [3.05, 3.63) is 71.7 Å². The molecule has 0 bridgehead atoms. The molecule has 0 aliphatic heterocycles. The number of nitrogens with zero attached hydrogens (tertiary/aromatic N) is 4. The summed E-state index contributed by atoms with van der Waals surface area (Å²) in [5.74, 6) is -1.10. The van der Waals surface area contributed by atoms with Gasteiger partial charge in [-0.1, -0.05) is 43.3 Å². The van der Waals surface area contributed by atoms with Crippen molar-refractivity contribution in [3.63, 3.8) is 0 Å². The number of hydrogen-bond acceptors (Lipinski definition) is 5. The molecule has 0 fully saturated rings. The molecule has 140 valence electrons. The van der Waals surface area contributed by atoms with Gasteiger partial charge < -0.3 is 5.11 Å². The summed E-state index contributed by atoms with van der Waals surface area (Å²) in [6, 6.07) is 13.9. The Balaban J connectivity index is 1.82. The van der Waals surface area contributed by atoms with E-state index in [0.717, 1.165) is 10.9 Å². The highest BCUT2D eigenvalue weighted by atomic mass is 19.1. The molecule has 28 heavy (non-hydrogen) atoms. The summed E-state index contributed by atoms with van der Waals surface area (Å²) in [5, 5.41) is 17.5. The summed E-state index contributed by atoms with van der Waals surface area (Å²) in [6.45, 7) is 1.90. The number of Topliss-reactive ketones (excluding diaryl/α,β-unsaturated/α-hetero) is 1. The van der Waals surface area contributed by atoms with E-state index in [2.05, 4.69) is 15.1 Å². The van der Waals surface area contributed by atoms with Crippen LogP contribution in [0.15, 0.2) is 54.7 Å². The molecule has 0 atom stereocenters. The van der Waals surface area contributed by atoms with Crippen molar-refractivity contribution >= 4 is 16.7 Å². The van der Waals surface area contributed by atoms with Crippen LogP contribution in [0.1, 0.15) is 29.3 Å². The molecule has 0 saturated heterocycles. The molecule has 4 rings (SSSR count). The average molecular weight is 375 g/mol. The standard InChI is InChI=1S/C21H17FN4O2/c1-2-18(27)15-11-23-20(24-21(15)28)19-14-8-4-6-10-17(14)26(25-19)12-13-7-3-5-9-16(13)22/h3-11H,2,12H2,1H3,(H,23,24,28)/p-1. The van der Waals surface area contributed by atoms with Crippen LogP contribution in [0, 0.1) is 5.82 Å². The number of halogens is 1. The number of fused-ring (bicyclic) bond motifs is 1. The lowest BCUT2D eigenvalue weighted by Gasteiger charge is -2.10. The van der Waals surface area contributed by atoms with Gasteiger partial charge in [-0.2, -0.15) is 5.10 Å². The van der Waals surface area contributed by atoms with Crippen LogP contribution >= 0.6 is 0 Å². The first kappa shape index (κ1) is 17.8. The van der Waals surface area contributed by atoms with Gasteiger partial charge in [-0.25, -0.2) is 14.4 Å². The Bertz CT molecular complexity index is 1190. The van der Waals surface area contributed by atoms with Gasteiger partial charge in [-0.05, 0) is 12.1 Å². The van der Waals surface area contributed by atoms with Crippen LogP contribution in [0.25, 0.3) is 22.4 Å². The third-order valence-electron chi connectivity index (χ3n) is 4.52. The zero-order chi connectivity index (χ0) is 19.7. The van der Waals surface area contributed by atoms with E-state index in [-0.39, 0.29) is 36.0 Å². The average Bonchev–Trinajstić information content (AvgIpc) is 3.08. The molecule has 0 aliphatic rings. The summed E-state index contributed by atoms with van der Waals surface area (Å²) >= 11 is 0. The largest absolute Gasteiger partial charge is 0.858 e. The summed E-state index contributed by atoms with van der Waals surface area (Å²) in [7, 11) is 0. The molecule has 0 radical (unpaired) electrons. The number of para-hydroxylation sites is 1. The first-order valence-corrected chi connectivity index (χ1v) is 8.85. The maximum absolute atomic E-state index is 14.1. The molecule has 0 spiro atoms. The van der Waals surface area contributed by atoms with E-state index in [1.165, 1.54) is 12.3 Å². The zero-order valence-electron chi connectivity index (χ0n) is 15.1. The molecule has 2 aromatic carbocycles. The maximum atomic E-state index is 14.1. The molecule has 0 aliphatic carbocycles. The third-order valence-corrected chi connectivity index (χ3v) is 4.52. The zero-order valence-corrected chi connectivity index (χ0v) is 15.1. The van der Waals surface area contributed by atoms with E-state index in [1.54, 1.807) is 29.8 Å². The Kier molecular flexibility index (Phi) is 4.57. The Morgan fingerprint density at radius 1 is 1.14 bits per heavy atom. The molecule has 2 aromatic heterocycles. The van der Waals surface area contributed by atoms with Crippen molar-refractivity contribution in [2.75, 3.05) is 0 Å². The number of benzene rings is 2. The Labute approximate surface area is 160 Å². The Morgan fingerprint density at radius 2 is 1.89 bits per heavy atom. The van der Waals surface area contributed by atoms with Crippen LogP contribution in [-0.2, 0) is 6.54 Å². The van der Waals surface area contributed by atoms with Gasteiger partial charge in [0, 0.05) is 35.0 Å². The summed E-state index contributed by atoms with van der Waals surface area (Å²) in [6.07, 6.45) is 1.46. The van der Waals surface area contributed by atoms with Gasteiger partial charge in [-0.15, -0.1) is 0 Å². The van der Waals surface area contributed by atoms with E-state index in [0.29, 0.717) is 11.3 Å². The molecule has 4 aromatic rings. The van der Waals surface area contributed by atoms with Crippen molar-refractivity contribution in [2.45, 2.75) is 19.9 Å². The normalized spacial score (nSPS) is 11.1. The van der Waals surface area contributed by atoms with Crippen LogP contribution in [0.2, 0.25) is 0 Å². The van der Waals surface area contributed by atoms with Crippen LogP contribution in [-0.4, -0.2) is 25.5 Å². The fourth-order valence-corrected chi connectivity index (χ4v) is 3.06. The molecular formula is C21H16FN4O2-. The van der Waals surface area contributed by atoms with E-state index in [9.17, 15) is 14.3 Å². The minimum atomic E-state index is -0.621. The second-order valence-corrected chi connectivity index (χ2v) is 6.30. The van der Waals surface area contributed by atoms with Crippen molar-refractivity contribution < 1.29 is 14.3 Å². The van der Waals surface area contributed by atoms with Gasteiger partial charge in [0.05, 0.1) is 12.1 Å². The van der Waals surface area contributed by atoms with E-state index >= 15 is 0 Å². The number of carbonyl (C=O) groups excluding carboxylic acids is 1. The van der Waals surface area contributed by atoms with Crippen LogP contribution in [0.3, 0.4) is 0 Å². The molecule has 6 nitrogen and oxygen atoms in total. The lowest BCUT2D eigenvalue weighted by atomic mass is 10.1. The number of hydrogen-bond donors (Lipinski definition) is 0. The maximum Gasteiger partial charge on any atom is 0.180 e. The topological polar surface area (TPSA) is 83.7 Å². The van der Waals surface area contributed by atoms with Gasteiger partial charge >= 0.3 is 0 Å². The highest BCUT2D eigenvalue weighted by Gasteiger charge is 2.16. The van der Waals surface area contributed by atoms with Gasteiger partial charge in [0.25, 0.3) is 0 Å². The van der Waals surface area contributed by atoms with Gasteiger partial charge in [0.2, 0.25) is 0 Å². The van der Waals surface area contributed by atoms with Gasteiger partial charge in [-0.3, -0.25) is 9.48 Å². The minimum absolute atomic E-state index is 0.0265. The fourth-order valence-electron chi connectivity index (χ4n) is 3.06. The van der Waals surface area contributed by atoms with Gasteiger partial charge in [0.15, 0.2) is 11.6 Å². The molecule has 0 saturated carbocycles. The third kappa shape index (κ3) is 3.11.